The first-order valence-corrected chi connectivity index (χ1v) is 7.84. The van der Waals surface area contributed by atoms with Crippen molar-refractivity contribution in [3.05, 3.63) is 69.3 Å². The average molecular weight is 362 g/mol. The van der Waals surface area contributed by atoms with Gasteiger partial charge in [0.15, 0.2) is 0 Å². The van der Waals surface area contributed by atoms with Gasteiger partial charge in [-0.1, -0.05) is 45.7 Å². The fourth-order valence-electron chi connectivity index (χ4n) is 2.23. The van der Waals surface area contributed by atoms with E-state index in [1.807, 2.05) is 24.3 Å². The van der Waals surface area contributed by atoms with Gasteiger partial charge in [0, 0.05) is 27.6 Å². The molecule has 3 rings (SSSR count). The SMILES string of the molecule is Cc1ccc(CNc2cc(Cl)cc3cccnc23)cc1Br. The van der Waals surface area contributed by atoms with Gasteiger partial charge in [-0.3, -0.25) is 4.98 Å². The smallest absolute Gasteiger partial charge is 0.0934 e. The van der Waals surface area contributed by atoms with Gasteiger partial charge >= 0.3 is 0 Å². The van der Waals surface area contributed by atoms with E-state index in [0.717, 1.165) is 27.6 Å². The van der Waals surface area contributed by atoms with Gasteiger partial charge in [0.05, 0.1) is 11.2 Å². The lowest BCUT2D eigenvalue weighted by Gasteiger charge is -2.11. The van der Waals surface area contributed by atoms with E-state index in [9.17, 15) is 0 Å². The van der Waals surface area contributed by atoms with E-state index in [1.165, 1.54) is 11.1 Å². The zero-order valence-corrected chi connectivity index (χ0v) is 13.9. The summed E-state index contributed by atoms with van der Waals surface area (Å²) in [6.45, 7) is 2.81. The van der Waals surface area contributed by atoms with Crippen LogP contribution in [-0.4, -0.2) is 4.98 Å². The monoisotopic (exact) mass is 360 g/mol. The third kappa shape index (κ3) is 3.20. The highest BCUT2D eigenvalue weighted by Crippen LogP contribution is 2.27. The number of nitrogens with one attached hydrogen (secondary N) is 1. The molecular formula is C17H14BrClN2. The second-order valence-corrected chi connectivity index (χ2v) is 6.26. The van der Waals surface area contributed by atoms with Crippen LogP contribution in [0.2, 0.25) is 5.02 Å². The summed E-state index contributed by atoms with van der Waals surface area (Å²) in [6.07, 6.45) is 1.80. The van der Waals surface area contributed by atoms with Crippen LogP contribution < -0.4 is 5.32 Å². The molecule has 3 aromatic rings. The molecule has 4 heteroatoms. The van der Waals surface area contributed by atoms with E-state index < -0.39 is 0 Å². The molecule has 0 atom stereocenters. The topological polar surface area (TPSA) is 24.9 Å². The van der Waals surface area contributed by atoms with Crippen LogP contribution in [0.1, 0.15) is 11.1 Å². The van der Waals surface area contributed by atoms with Crippen molar-refractivity contribution in [2.24, 2.45) is 0 Å². The van der Waals surface area contributed by atoms with Gasteiger partial charge in [0.2, 0.25) is 0 Å². The van der Waals surface area contributed by atoms with Crippen molar-refractivity contribution in [3.8, 4) is 0 Å². The quantitative estimate of drug-likeness (QED) is 0.659. The molecule has 0 radical (unpaired) electrons. The van der Waals surface area contributed by atoms with E-state index in [0.29, 0.717) is 5.02 Å². The Bertz CT molecular complexity index is 802. The number of nitrogens with zero attached hydrogens (tertiary/aromatic N) is 1. The molecule has 1 heterocycles. The summed E-state index contributed by atoms with van der Waals surface area (Å²) in [5.74, 6) is 0. The summed E-state index contributed by atoms with van der Waals surface area (Å²) in [5.41, 5.74) is 4.33. The molecule has 0 aliphatic heterocycles. The molecule has 1 N–H and O–H groups in total. The van der Waals surface area contributed by atoms with E-state index >= 15 is 0 Å². The highest BCUT2D eigenvalue weighted by Gasteiger charge is 2.05. The summed E-state index contributed by atoms with van der Waals surface area (Å²) in [7, 11) is 0. The number of fused-ring (bicyclic) bond motifs is 1. The maximum absolute atomic E-state index is 6.18. The van der Waals surface area contributed by atoms with Crippen LogP contribution in [0.25, 0.3) is 10.9 Å². The molecule has 0 bridgehead atoms. The molecule has 2 aromatic carbocycles. The van der Waals surface area contributed by atoms with E-state index in [-0.39, 0.29) is 0 Å². The molecule has 0 saturated carbocycles. The van der Waals surface area contributed by atoms with Gasteiger partial charge in [-0.25, -0.2) is 0 Å². The first-order chi connectivity index (χ1) is 10.1. The number of pyridine rings is 1. The molecule has 0 aliphatic carbocycles. The van der Waals surface area contributed by atoms with Crippen LogP contribution in [0, 0.1) is 6.92 Å². The second-order valence-electron chi connectivity index (χ2n) is 4.97. The maximum atomic E-state index is 6.18. The van der Waals surface area contributed by atoms with Gasteiger partial charge in [-0.05, 0) is 42.3 Å². The number of hydrogen-bond donors (Lipinski definition) is 1. The minimum atomic E-state index is 0.711. The van der Waals surface area contributed by atoms with Gasteiger partial charge in [-0.2, -0.15) is 0 Å². The Labute approximate surface area is 137 Å². The standard InChI is InChI=1S/C17H14BrClN2/c1-11-4-5-12(7-15(11)18)10-21-16-9-14(19)8-13-3-2-6-20-17(13)16/h2-9,21H,10H2,1H3. The largest absolute Gasteiger partial charge is 0.379 e. The van der Waals surface area contributed by atoms with Crippen LogP contribution in [0.15, 0.2) is 53.1 Å². The first kappa shape index (κ1) is 14.4. The summed E-state index contributed by atoms with van der Waals surface area (Å²) >= 11 is 9.74. The fraction of sp³-hybridized carbons (Fsp3) is 0.118. The van der Waals surface area contributed by atoms with E-state index in [2.05, 4.69) is 51.4 Å². The lowest BCUT2D eigenvalue weighted by molar-refractivity contribution is 1.14. The summed E-state index contributed by atoms with van der Waals surface area (Å²) < 4.78 is 1.12. The molecule has 0 aliphatic rings. The van der Waals surface area contributed by atoms with Gasteiger partial charge in [0.1, 0.15) is 0 Å². The Kier molecular flexibility index (Phi) is 4.13. The van der Waals surface area contributed by atoms with Crippen molar-refractivity contribution in [1.29, 1.82) is 0 Å². The summed E-state index contributed by atoms with van der Waals surface area (Å²) in [6, 6.07) is 14.1. The highest BCUT2D eigenvalue weighted by molar-refractivity contribution is 9.10. The summed E-state index contributed by atoms with van der Waals surface area (Å²) in [4.78, 5) is 4.44. The zero-order valence-electron chi connectivity index (χ0n) is 11.5. The number of aromatic nitrogens is 1. The Morgan fingerprint density at radius 2 is 2.05 bits per heavy atom. The molecular weight excluding hydrogens is 348 g/mol. The van der Waals surface area contributed by atoms with Crippen molar-refractivity contribution in [2.45, 2.75) is 13.5 Å². The molecule has 1 aromatic heterocycles. The Balaban J connectivity index is 1.89. The number of benzene rings is 2. The second kappa shape index (κ2) is 6.04. The molecule has 21 heavy (non-hydrogen) atoms. The predicted molar refractivity (Wildman–Crippen MR) is 93.0 cm³/mol. The highest BCUT2D eigenvalue weighted by atomic mass is 79.9. The first-order valence-electron chi connectivity index (χ1n) is 6.66. The zero-order chi connectivity index (χ0) is 14.8. The number of halogens is 2. The third-order valence-electron chi connectivity index (χ3n) is 3.39. The lowest BCUT2D eigenvalue weighted by atomic mass is 10.1. The number of hydrogen-bond acceptors (Lipinski definition) is 2. The van der Waals surface area contributed by atoms with Crippen LogP contribution in [0.4, 0.5) is 5.69 Å². The van der Waals surface area contributed by atoms with Crippen LogP contribution in [0.5, 0.6) is 0 Å². The Morgan fingerprint density at radius 3 is 2.86 bits per heavy atom. The molecule has 0 spiro atoms. The molecule has 106 valence electrons. The van der Waals surface area contributed by atoms with Gasteiger partial charge in [-0.15, -0.1) is 0 Å². The number of aryl methyl sites for hydroxylation is 1. The molecule has 0 saturated heterocycles. The minimum Gasteiger partial charge on any atom is -0.379 e. The van der Waals surface area contributed by atoms with Gasteiger partial charge in [0.25, 0.3) is 0 Å². The van der Waals surface area contributed by atoms with Crippen LogP contribution >= 0.6 is 27.5 Å². The van der Waals surface area contributed by atoms with Gasteiger partial charge < -0.3 is 5.32 Å². The molecule has 0 fully saturated rings. The number of rotatable bonds is 3. The van der Waals surface area contributed by atoms with Crippen molar-refractivity contribution >= 4 is 44.1 Å². The van der Waals surface area contributed by atoms with Crippen molar-refractivity contribution in [1.82, 2.24) is 4.98 Å². The van der Waals surface area contributed by atoms with Crippen molar-refractivity contribution in [2.75, 3.05) is 5.32 Å². The van der Waals surface area contributed by atoms with Crippen molar-refractivity contribution in [3.63, 3.8) is 0 Å². The fourth-order valence-corrected chi connectivity index (χ4v) is 2.89. The predicted octanol–water partition coefficient (Wildman–Crippen LogP) is 5.57. The molecule has 2 nitrogen and oxygen atoms in total. The molecule has 0 unspecified atom stereocenters. The van der Waals surface area contributed by atoms with E-state index in [1.54, 1.807) is 6.20 Å². The van der Waals surface area contributed by atoms with Crippen molar-refractivity contribution < 1.29 is 0 Å². The minimum absolute atomic E-state index is 0.711. The van der Waals surface area contributed by atoms with E-state index in [4.69, 9.17) is 11.6 Å². The van der Waals surface area contributed by atoms with Crippen LogP contribution in [-0.2, 0) is 6.54 Å². The maximum Gasteiger partial charge on any atom is 0.0934 e. The molecule has 0 amide bonds. The third-order valence-corrected chi connectivity index (χ3v) is 4.46. The van der Waals surface area contributed by atoms with Crippen LogP contribution in [0.3, 0.4) is 0 Å². The normalized spacial score (nSPS) is 10.8. The summed E-state index contributed by atoms with van der Waals surface area (Å²) in [5, 5.41) is 5.17. The average Bonchev–Trinajstić information content (AvgIpc) is 2.48. The Morgan fingerprint density at radius 1 is 1.19 bits per heavy atom. The lowest BCUT2D eigenvalue weighted by Crippen LogP contribution is -2.01. The Hall–Kier alpha value is -1.58. The number of anilines is 1.